The highest BCUT2D eigenvalue weighted by Crippen LogP contribution is 2.21. The fourth-order valence-electron chi connectivity index (χ4n) is 2.92. The van der Waals surface area contributed by atoms with Crippen molar-refractivity contribution >= 4 is 5.91 Å². The summed E-state index contributed by atoms with van der Waals surface area (Å²) in [6.07, 6.45) is 8.35. The van der Waals surface area contributed by atoms with Crippen molar-refractivity contribution in [2.24, 2.45) is 0 Å². The Morgan fingerprint density at radius 2 is 1.89 bits per heavy atom. The Hall–Kier alpha value is -1.49. The maximum absolute atomic E-state index is 12.2. The van der Waals surface area contributed by atoms with E-state index in [0.717, 1.165) is 19.5 Å². The lowest BCUT2D eigenvalue weighted by Crippen LogP contribution is -2.37. The molecular formula is C13H18N4O. The van der Waals surface area contributed by atoms with E-state index in [4.69, 9.17) is 0 Å². The number of nitrogens with zero attached hydrogens (tertiary/aromatic N) is 4. The first-order chi connectivity index (χ1) is 8.84. The molecule has 18 heavy (non-hydrogen) atoms. The predicted molar refractivity (Wildman–Crippen MR) is 67.1 cm³/mol. The maximum atomic E-state index is 12.2. The second-order valence-electron chi connectivity index (χ2n) is 5.06. The van der Waals surface area contributed by atoms with Crippen molar-refractivity contribution in [3.8, 4) is 0 Å². The van der Waals surface area contributed by atoms with Gasteiger partial charge in [0.25, 0.3) is 5.91 Å². The zero-order chi connectivity index (χ0) is 12.4. The Morgan fingerprint density at radius 1 is 1.17 bits per heavy atom. The maximum Gasteiger partial charge on any atom is 0.257 e. The van der Waals surface area contributed by atoms with Gasteiger partial charge in [-0.3, -0.25) is 9.69 Å². The summed E-state index contributed by atoms with van der Waals surface area (Å²) < 4.78 is 0. The Labute approximate surface area is 107 Å². The van der Waals surface area contributed by atoms with Crippen LogP contribution in [0.2, 0.25) is 0 Å². The van der Waals surface area contributed by atoms with E-state index in [0.29, 0.717) is 11.6 Å². The molecule has 0 aliphatic carbocycles. The van der Waals surface area contributed by atoms with Crippen LogP contribution in [0.4, 0.5) is 0 Å². The molecule has 1 atom stereocenters. The SMILES string of the molecule is O=C(c1cncnc1)N1CCC(N2CCCC2)C1. The van der Waals surface area contributed by atoms with Gasteiger partial charge < -0.3 is 4.90 Å². The van der Waals surface area contributed by atoms with Crippen LogP contribution in [-0.2, 0) is 0 Å². The molecule has 0 bridgehead atoms. The van der Waals surface area contributed by atoms with E-state index >= 15 is 0 Å². The number of carbonyl (C=O) groups is 1. The first-order valence-electron chi connectivity index (χ1n) is 6.63. The molecule has 5 heteroatoms. The Balaban J connectivity index is 1.63. The van der Waals surface area contributed by atoms with Crippen molar-refractivity contribution in [1.82, 2.24) is 19.8 Å². The molecule has 0 saturated carbocycles. The van der Waals surface area contributed by atoms with E-state index in [9.17, 15) is 4.79 Å². The molecule has 0 radical (unpaired) electrons. The fourth-order valence-corrected chi connectivity index (χ4v) is 2.92. The van der Waals surface area contributed by atoms with E-state index in [1.54, 1.807) is 12.4 Å². The minimum absolute atomic E-state index is 0.0669. The normalized spacial score (nSPS) is 24.7. The summed E-state index contributed by atoms with van der Waals surface area (Å²) in [6, 6.07) is 0.557. The lowest BCUT2D eigenvalue weighted by molar-refractivity contribution is 0.0779. The summed E-state index contributed by atoms with van der Waals surface area (Å²) in [5.74, 6) is 0.0669. The first-order valence-corrected chi connectivity index (χ1v) is 6.63. The predicted octanol–water partition coefficient (Wildman–Crippen LogP) is 0.787. The molecular weight excluding hydrogens is 228 g/mol. The van der Waals surface area contributed by atoms with Gasteiger partial charge in [0.05, 0.1) is 5.56 Å². The zero-order valence-corrected chi connectivity index (χ0v) is 10.5. The van der Waals surface area contributed by atoms with E-state index < -0.39 is 0 Å². The molecule has 2 saturated heterocycles. The summed E-state index contributed by atoms with van der Waals surface area (Å²) in [4.78, 5) is 24.5. The van der Waals surface area contributed by atoms with Crippen LogP contribution in [0.5, 0.6) is 0 Å². The number of carbonyl (C=O) groups excluding carboxylic acids is 1. The van der Waals surface area contributed by atoms with Crippen molar-refractivity contribution in [3.05, 3.63) is 24.3 Å². The highest BCUT2D eigenvalue weighted by molar-refractivity contribution is 5.93. The van der Waals surface area contributed by atoms with E-state index in [-0.39, 0.29) is 5.91 Å². The lowest BCUT2D eigenvalue weighted by atomic mass is 10.2. The first kappa shape index (κ1) is 11.6. The quantitative estimate of drug-likeness (QED) is 0.774. The van der Waals surface area contributed by atoms with Crippen LogP contribution < -0.4 is 0 Å². The van der Waals surface area contributed by atoms with Gasteiger partial charge in [-0.05, 0) is 32.4 Å². The van der Waals surface area contributed by atoms with Gasteiger partial charge in [-0.1, -0.05) is 0 Å². The topological polar surface area (TPSA) is 49.3 Å². The molecule has 3 rings (SSSR count). The van der Waals surface area contributed by atoms with Gasteiger partial charge in [0.15, 0.2) is 0 Å². The van der Waals surface area contributed by atoms with Crippen LogP contribution in [0, 0.1) is 0 Å². The lowest BCUT2D eigenvalue weighted by Gasteiger charge is -2.23. The molecule has 2 fully saturated rings. The minimum atomic E-state index is 0.0669. The standard InChI is InChI=1S/C13H18N4O/c18-13(11-7-14-10-15-8-11)17-6-3-12(9-17)16-4-1-2-5-16/h7-8,10,12H,1-6,9H2. The number of hydrogen-bond acceptors (Lipinski definition) is 4. The second-order valence-corrected chi connectivity index (χ2v) is 5.06. The molecule has 0 aromatic carbocycles. The monoisotopic (exact) mass is 246 g/mol. The summed E-state index contributed by atoms with van der Waals surface area (Å²) >= 11 is 0. The molecule has 1 aromatic heterocycles. The summed E-state index contributed by atoms with van der Waals surface area (Å²) in [5.41, 5.74) is 0.597. The Kier molecular flexibility index (Phi) is 3.23. The summed E-state index contributed by atoms with van der Waals surface area (Å²) in [7, 11) is 0. The highest BCUT2D eigenvalue weighted by Gasteiger charge is 2.31. The second kappa shape index (κ2) is 5.02. The number of hydrogen-bond donors (Lipinski definition) is 0. The molecule has 0 spiro atoms. The number of amides is 1. The van der Waals surface area contributed by atoms with Gasteiger partial charge in [0.1, 0.15) is 6.33 Å². The molecule has 5 nitrogen and oxygen atoms in total. The average molecular weight is 246 g/mol. The highest BCUT2D eigenvalue weighted by atomic mass is 16.2. The molecule has 2 aliphatic rings. The Morgan fingerprint density at radius 3 is 2.61 bits per heavy atom. The fraction of sp³-hybridized carbons (Fsp3) is 0.615. The van der Waals surface area contributed by atoms with Crippen molar-refractivity contribution in [2.75, 3.05) is 26.2 Å². The van der Waals surface area contributed by atoms with Crippen molar-refractivity contribution in [1.29, 1.82) is 0 Å². The number of aromatic nitrogens is 2. The van der Waals surface area contributed by atoms with Gasteiger partial charge in [-0.25, -0.2) is 9.97 Å². The smallest absolute Gasteiger partial charge is 0.257 e. The third-order valence-electron chi connectivity index (χ3n) is 3.92. The van der Waals surface area contributed by atoms with Gasteiger partial charge in [0, 0.05) is 31.5 Å². The van der Waals surface area contributed by atoms with E-state index in [1.807, 2.05) is 4.90 Å². The molecule has 1 amide bonds. The molecule has 2 aliphatic heterocycles. The van der Waals surface area contributed by atoms with Gasteiger partial charge in [-0.15, -0.1) is 0 Å². The van der Waals surface area contributed by atoms with Gasteiger partial charge >= 0.3 is 0 Å². The molecule has 1 aromatic rings. The molecule has 96 valence electrons. The summed E-state index contributed by atoms with van der Waals surface area (Å²) in [6.45, 7) is 4.10. The Bertz CT molecular complexity index is 416. The third-order valence-corrected chi connectivity index (χ3v) is 3.92. The van der Waals surface area contributed by atoms with Gasteiger partial charge in [0.2, 0.25) is 0 Å². The third kappa shape index (κ3) is 2.22. The average Bonchev–Trinajstić information content (AvgIpc) is 3.09. The largest absolute Gasteiger partial charge is 0.337 e. The minimum Gasteiger partial charge on any atom is -0.337 e. The van der Waals surface area contributed by atoms with Gasteiger partial charge in [-0.2, -0.15) is 0 Å². The van der Waals surface area contributed by atoms with Crippen molar-refractivity contribution in [3.63, 3.8) is 0 Å². The van der Waals surface area contributed by atoms with Crippen LogP contribution in [0.15, 0.2) is 18.7 Å². The van der Waals surface area contributed by atoms with E-state index in [1.165, 1.54) is 32.3 Å². The zero-order valence-electron chi connectivity index (χ0n) is 10.5. The van der Waals surface area contributed by atoms with Crippen LogP contribution >= 0.6 is 0 Å². The van der Waals surface area contributed by atoms with Crippen LogP contribution in [0.3, 0.4) is 0 Å². The summed E-state index contributed by atoms with van der Waals surface area (Å²) in [5, 5.41) is 0. The molecule has 1 unspecified atom stereocenters. The van der Waals surface area contributed by atoms with Crippen LogP contribution in [0.25, 0.3) is 0 Å². The van der Waals surface area contributed by atoms with Crippen LogP contribution in [-0.4, -0.2) is 57.9 Å². The molecule has 0 N–H and O–H groups in total. The van der Waals surface area contributed by atoms with Crippen molar-refractivity contribution in [2.45, 2.75) is 25.3 Å². The van der Waals surface area contributed by atoms with Crippen LogP contribution in [0.1, 0.15) is 29.6 Å². The molecule has 3 heterocycles. The van der Waals surface area contributed by atoms with Crippen molar-refractivity contribution < 1.29 is 4.79 Å². The number of likely N-dealkylation sites (tertiary alicyclic amines) is 2. The number of rotatable bonds is 2. The van der Waals surface area contributed by atoms with E-state index in [2.05, 4.69) is 14.9 Å².